The van der Waals surface area contributed by atoms with E-state index in [0.29, 0.717) is 19.0 Å². The summed E-state index contributed by atoms with van der Waals surface area (Å²) in [6.07, 6.45) is 6.20. The molecule has 156 valence electrons. The number of fused-ring (bicyclic) bond motifs is 1. The van der Waals surface area contributed by atoms with Crippen LogP contribution < -0.4 is 10.1 Å². The van der Waals surface area contributed by atoms with E-state index in [-0.39, 0.29) is 6.04 Å². The molecule has 9 nitrogen and oxygen atoms in total. The van der Waals surface area contributed by atoms with Crippen molar-refractivity contribution in [3.63, 3.8) is 0 Å². The van der Waals surface area contributed by atoms with E-state index >= 15 is 0 Å². The van der Waals surface area contributed by atoms with Gasteiger partial charge in [-0.3, -0.25) is 9.36 Å². The highest BCUT2D eigenvalue weighted by atomic mass is 16.5. The van der Waals surface area contributed by atoms with Crippen LogP contribution in [0.15, 0.2) is 36.9 Å². The first kappa shape index (κ1) is 19.8. The summed E-state index contributed by atoms with van der Waals surface area (Å²) < 4.78 is 9.43. The Balaban J connectivity index is 1.82. The van der Waals surface area contributed by atoms with Crippen LogP contribution in [-0.2, 0) is 13.6 Å². The summed E-state index contributed by atoms with van der Waals surface area (Å²) in [5.74, 6) is 1.29. The predicted molar refractivity (Wildman–Crippen MR) is 115 cm³/mol. The number of hydrogen-bond donors (Lipinski definition) is 1. The molecule has 0 aromatic carbocycles. The topological polar surface area (TPSA) is 95.6 Å². The Bertz CT molecular complexity index is 1150. The second kappa shape index (κ2) is 8.48. The lowest BCUT2D eigenvalue weighted by Crippen LogP contribution is -2.09. The largest absolute Gasteiger partial charge is 0.477 e. The van der Waals surface area contributed by atoms with Gasteiger partial charge >= 0.3 is 0 Å². The third-order valence-corrected chi connectivity index (χ3v) is 4.97. The molecule has 4 rings (SSSR count). The number of nitrogens with zero attached hydrogens (tertiary/aromatic N) is 7. The van der Waals surface area contributed by atoms with Crippen LogP contribution in [0.3, 0.4) is 0 Å². The van der Waals surface area contributed by atoms with Gasteiger partial charge in [-0.2, -0.15) is 10.2 Å². The van der Waals surface area contributed by atoms with Crippen molar-refractivity contribution >= 4 is 16.7 Å². The molecule has 0 saturated carbocycles. The van der Waals surface area contributed by atoms with Crippen LogP contribution in [0, 0.1) is 0 Å². The molecule has 0 aliphatic heterocycles. The van der Waals surface area contributed by atoms with Crippen molar-refractivity contribution in [2.45, 2.75) is 39.8 Å². The molecule has 0 bridgehead atoms. The van der Waals surface area contributed by atoms with Gasteiger partial charge in [0.15, 0.2) is 5.82 Å². The van der Waals surface area contributed by atoms with Gasteiger partial charge in [0.2, 0.25) is 5.88 Å². The molecule has 0 aliphatic carbocycles. The number of hydrogen-bond acceptors (Lipinski definition) is 7. The van der Waals surface area contributed by atoms with Gasteiger partial charge in [-0.05, 0) is 38.5 Å². The third-order valence-electron chi connectivity index (χ3n) is 4.97. The number of aromatic nitrogens is 7. The van der Waals surface area contributed by atoms with E-state index in [1.807, 2.05) is 43.0 Å². The van der Waals surface area contributed by atoms with Gasteiger partial charge in [0.05, 0.1) is 36.3 Å². The van der Waals surface area contributed by atoms with Gasteiger partial charge in [-0.1, -0.05) is 6.92 Å². The molecule has 0 unspecified atom stereocenters. The van der Waals surface area contributed by atoms with E-state index in [1.165, 1.54) is 0 Å². The highest BCUT2D eigenvalue weighted by Gasteiger charge is 2.18. The van der Waals surface area contributed by atoms with Crippen LogP contribution in [0.5, 0.6) is 5.88 Å². The molecule has 30 heavy (non-hydrogen) atoms. The summed E-state index contributed by atoms with van der Waals surface area (Å²) in [4.78, 5) is 13.6. The third kappa shape index (κ3) is 3.83. The van der Waals surface area contributed by atoms with E-state index in [0.717, 1.165) is 40.2 Å². The lowest BCUT2D eigenvalue weighted by molar-refractivity contribution is 0.328. The molecule has 0 spiro atoms. The fraction of sp³-hybridized carbons (Fsp3) is 0.381. The Labute approximate surface area is 175 Å². The molecule has 1 N–H and O–H groups in total. The van der Waals surface area contributed by atoms with Crippen LogP contribution in [0.1, 0.15) is 39.1 Å². The molecule has 4 aromatic heterocycles. The van der Waals surface area contributed by atoms with Gasteiger partial charge < -0.3 is 10.1 Å². The van der Waals surface area contributed by atoms with Crippen molar-refractivity contribution in [1.82, 2.24) is 34.5 Å². The summed E-state index contributed by atoms with van der Waals surface area (Å²) >= 11 is 0. The monoisotopic (exact) mass is 406 g/mol. The van der Waals surface area contributed by atoms with E-state index in [1.54, 1.807) is 17.2 Å². The van der Waals surface area contributed by atoms with Gasteiger partial charge in [-0.15, -0.1) is 0 Å². The van der Waals surface area contributed by atoms with E-state index in [9.17, 15) is 0 Å². The molecule has 4 aromatic rings. The molecule has 0 saturated heterocycles. The summed E-state index contributed by atoms with van der Waals surface area (Å²) in [5, 5.41) is 12.5. The lowest BCUT2D eigenvalue weighted by atomic mass is 10.1. The van der Waals surface area contributed by atoms with Crippen LogP contribution >= 0.6 is 0 Å². The minimum atomic E-state index is 0.251. The maximum absolute atomic E-state index is 5.72. The lowest BCUT2D eigenvalue weighted by Gasteiger charge is -2.15. The maximum atomic E-state index is 5.72. The summed E-state index contributed by atoms with van der Waals surface area (Å²) in [5.41, 5.74) is 4.32. The zero-order valence-electron chi connectivity index (χ0n) is 17.7. The molecule has 0 fully saturated rings. The second-order valence-electron chi connectivity index (χ2n) is 7.11. The average Bonchev–Trinajstić information content (AvgIpc) is 3.38. The van der Waals surface area contributed by atoms with Crippen molar-refractivity contribution in [1.29, 1.82) is 0 Å². The summed E-state index contributed by atoms with van der Waals surface area (Å²) in [6.45, 7) is 7.27. The second-order valence-corrected chi connectivity index (χ2v) is 7.11. The van der Waals surface area contributed by atoms with Crippen molar-refractivity contribution in [2.24, 2.45) is 7.05 Å². The highest BCUT2D eigenvalue weighted by molar-refractivity contribution is 5.91. The van der Waals surface area contributed by atoms with Gasteiger partial charge in [0, 0.05) is 19.3 Å². The summed E-state index contributed by atoms with van der Waals surface area (Å²) in [6, 6.07) is 6.12. The highest BCUT2D eigenvalue weighted by Crippen LogP contribution is 2.33. The molecular weight excluding hydrogens is 380 g/mol. The normalized spacial score (nSPS) is 12.3. The number of pyridine rings is 2. The Morgan fingerprint density at radius 3 is 2.83 bits per heavy atom. The molecule has 4 heterocycles. The van der Waals surface area contributed by atoms with Crippen molar-refractivity contribution in [3.8, 4) is 17.1 Å². The number of rotatable bonds is 8. The fourth-order valence-corrected chi connectivity index (χ4v) is 3.32. The summed E-state index contributed by atoms with van der Waals surface area (Å²) in [7, 11) is 1.86. The van der Waals surface area contributed by atoms with Gasteiger partial charge in [0.1, 0.15) is 17.4 Å². The fourth-order valence-electron chi connectivity index (χ4n) is 3.32. The van der Waals surface area contributed by atoms with Crippen molar-refractivity contribution in [2.75, 3.05) is 11.9 Å². The number of aryl methyl sites for hydroxylation is 1. The first-order chi connectivity index (χ1) is 14.6. The SMILES string of the molecule is CCOc1ncccc1-c1cc(NCc2ncn(C)n2)c2c(cnn2[C@@H](C)CC)n1. The van der Waals surface area contributed by atoms with Crippen LogP contribution in [0.25, 0.3) is 22.3 Å². The Hall–Kier alpha value is -3.49. The number of ether oxygens (including phenoxy) is 1. The first-order valence-corrected chi connectivity index (χ1v) is 10.2. The Morgan fingerprint density at radius 1 is 1.23 bits per heavy atom. The molecule has 0 amide bonds. The van der Waals surface area contributed by atoms with Crippen molar-refractivity contribution in [3.05, 3.63) is 42.7 Å². The van der Waals surface area contributed by atoms with Crippen LogP contribution in [0.4, 0.5) is 5.69 Å². The number of nitrogens with one attached hydrogen (secondary N) is 1. The minimum Gasteiger partial charge on any atom is -0.477 e. The number of anilines is 1. The molecular formula is C21H26N8O. The Morgan fingerprint density at radius 2 is 2.10 bits per heavy atom. The Kier molecular flexibility index (Phi) is 5.60. The first-order valence-electron chi connectivity index (χ1n) is 10.2. The zero-order valence-corrected chi connectivity index (χ0v) is 17.7. The predicted octanol–water partition coefficient (Wildman–Crippen LogP) is 3.60. The van der Waals surface area contributed by atoms with E-state index < -0.39 is 0 Å². The van der Waals surface area contributed by atoms with E-state index in [4.69, 9.17) is 9.72 Å². The van der Waals surface area contributed by atoms with Gasteiger partial charge in [0.25, 0.3) is 0 Å². The molecule has 0 aliphatic rings. The van der Waals surface area contributed by atoms with Crippen LogP contribution in [-0.4, -0.2) is 41.1 Å². The minimum absolute atomic E-state index is 0.251. The van der Waals surface area contributed by atoms with Crippen LogP contribution in [0.2, 0.25) is 0 Å². The standard InChI is InChI=1S/C21H26N8O/c1-5-14(3)29-20-17(23-12-19-24-13-28(4)27-19)10-16(26-18(20)11-25-29)15-8-7-9-22-21(15)30-6-2/h7-11,13-14H,5-6,12H2,1-4H3,(H,23,26)/t14-/m0/s1. The van der Waals surface area contributed by atoms with E-state index in [2.05, 4.69) is 39.3 Å². The quantitative estimate of drug-likeness (QED) is 0.477. The smallest absolute Gasteiger partial charge is 0.222 e. The molecule has 0 radical (unpaired) electrons. The van der Waals surface area contributed by atoms with Gasteiger partial charge in [-0.25, -0.2) is 15.0 Å². The average molecular weight is 406 g/mol. The molecule has 1 atom stereocenters. The maximum Gasteiger partial charge on any atom is 0.222 e. The molecule has 9 heteroatoms. The van der Waals surface area contributed by atoms with Crippen molar-refractivity contribution < 1.29 is 4.74 Å². The zero-order chi connectivity index (χ0) is 21.1.